The zero-order valence-electron chi connectivity index (χ0n) is 14.5. The summed E-state index contributed by atoms with van der Waals surface area (Å²) in [5.41, 5.74) is 7.22. The number of aromatic amines is 1. The molecule has 0 unspecified atom stereocenters. The molecular weight excluding hydrogens is 326 g/mol. The molecule has 5 nitrogen and oxygen atoms in total. The average Bonchev–Trinajstić information content (AvgIpc) is 3.25. The van der Waals surface area contributed by atoms with Crippen LogP contribution in [0.15, 0.2) is 65.4 Å². The monoisotopic (exact) mass is 345 g/mol. The molecule has 4 rings (SSSR count). The van der Waals surface area contributed by atoms with Crippen LogP contribution in [0.3, 0.4) is 0 Å². The molecule has 1 aliphatic rings. The quantitative estimate of drug-likeness (QED) is 0.693. The van der Waals surface area contributed by atoms with Crippen LogP contribution >= 0.6 is 0 Å². The number of carbonyl (C=O) groups excluding carboxylic acids is 1. The fourth-order valence-corrected chi connectivity index (χ4v) is 3.13. The molecule has 1 aliphatic heterocycles. The van der Waals surface area contributed by atoms with Gasteiger partial charge in [0.15, 0.2) is 0 Å². The van der Waals surface area contributed by atoms with Gasteiger partial charge in [0.1, 0.15) is 5.75 Å². The highest BCUT2D eigenvalue weighted by molar-refractivity contribution is 6.28. The van der Waals surface area contributed by atoms with Gasteiger partial charge in [0.05, 0.1) is 18.4 Å². The fraction of sp³-hybridized carbons (Fsp3) is 0.143. The minimum absolute atomic E-state index is 0.153. The van der Waals surface area contributed by atoms with E-state index in [4.69, 9.17) is 4.74 Å². The van der Waals surface area contributed by atoms with E-state index in [1.165, 1.54) is 5.56 Å². The van der Waals surface area contributed by atoms with E-state index in [0.29, 0.717) is 12.0 Å². The van der Waals surface area contributed by atoms with Crippen molar-refractivity contribution in [2.45, 2.75) is 12.8 Å². The summed E-state index contributed by atoms with van der Waals surface area (Å²) in [6.07, 6.45) is 5.33. The van der Waals surface area contributed by atoms with Crippen LogP contribution in [0.4, 0.5) is 0 Å². The van der Waals surface area contributed by atoms with Crippen LogP contribution in [0.1, 0.15) is 17.5 Å². The molecule has 2 aromatic carbocycles. The van der Waals surface area contributed by atoms with Crippen LogP contribution in [0, 0.1) is 0 Å². The smallest absolute Gasteiger partial charge is 0.273 e. The Kier molecular flexibility index (Phi) is 4.27. The zero-order valence-corrected chi connectivity index (χ0v) is 14.5. The second kappa shape index (κ2) is 6.88. The van der Waals surface area contributed by atoms with Crippen LogP contribution in [0.25, 0.3) is 17.0 Å². The van der Waals surface area contributed by atoms with Gasteiger partial charge in [-0.1, -0.05) is 30.3 Å². The predicted molar refractivity (Wildman–Crippen MR) is 103 cm³/mol. The summed E-state index contributed by atoms with van der Waals surface area (Å²) in [5.74, 6) is 0.684. The van der Waals surface area contributed by atoms with Crippen LogP contribution < -0.4 is 10.2 Å². The van der Waals surface area contributed by atoms with Crippen molar-refractivity contribution in [1.82, 2.24) is 10.4 Å². The Morgan fingerprint density at radius 2 is 1.88 bits per heavy atom. The van der Waals surface area contributed by atoms with Crippen molar-refractivity contribution in [3.63, 3.8) is 0 Å². The maximum atomic E-state index is 12.2. The summed E-state index contributed by atoms with van der Waals surface area (Å²) in [6, 6.07) is 16.0. The lowest BCUT2D eigenvalue weighted by atomic mass is 10.00. The molecule has 0 fully saturated rings. The molecule has 0 atom stereocenters. The lowest BCUT2D eigenvalue weighted by Crippen LogP contribution is -2.13. The summed E-state index contributed by atoms with van der Waals surface area (Å²) in [5, 5.41) is 5.31. The van der Waals surface area contributed by atoms with E-state index in [-0.39, 0.29) is 5.91 Å². The molecule has 130 valence electrons. The average molecular weight is 345 g/mol. The first-order chi connectivity index (χ1) is 12.7. The number of para-hydroxylation sites is 1. The number of hydrazone groups is 1. The van der Waals surface area contributed by atoms with Gasteiger partial charge in [-0.2, -0.15) is 5.10 Å². The van der Waals surface area contributed by atoms with Crippen molar-refractivity contribution >= 4 is 28.6 Å². The van der Waals surface area contributed by atoms with Crippen molar-refractivity contribution in [2.75, 3.05) is 7.11 Å². The molecule has 0 radical (unpaired) electrons. The third kappa shape index (κ3) is 3.11. The topological polar surface area (TPSA) is 66.5 Å². The van der Waals surface area contributed by atoms with Crippen molar-refractivity contribution in [2.24, 2.45) is 5.10 Å². The number of nitrogens with one attached hydrogen (secondary N) is 2. The van der Waals surface area contributed by atoms with E-state index in [0.717, 1.165) is 34.3 Å². The Morgan fingerprint density at radius 1 is 1.08 bits per heavy atom. The molecule has 0 saturated heterocycles. The number of methoxy groups -OCH3 is 1. The Hall–Kier alpha value is -3.34. The number of fused-ring (bicyclic) bond motifs is 1. The number of carbonyl (C=O) groups is 1. The van der Waals surface area contributed by atoms with Crippen molar-refractivity contribution in [3.8, 4) is 5.75 Å². The van der Waals surface area contributed by atoms with Gasteiger partial charge in [0.25, 0.3) is 5.91 Å². The normalized spacial score (nSPS) is 15.3. The van der Waals surface area contributed by atoms with Crippen molar-refractivity contribution in [1.29, 1.82) is 0 Å². The van der Waals surface area contributed by atoms with Gasteiger partial charge in [0.2, 0.25) is 0 Å². The van der Waals surface area contributed by atoms with Crippen LogP contribution in [0.2, 0.25) is 0 Å². The van der Waals surface area contributed by atoms with Crippen LogP contribution in [-0.2, 0) is 11.2 Å². The van der Waals surface area contributed by atoms with E-state index < -0.39 is 0 Å². The largest absolute Gasteiger partial charge is 0.497 e. The highest BCUT2D eigenvalue weighted by Gasteiger charge is 2.22. The Morgan fingerprint density at radius 3 is 2.69 bits per heavy atom. The first kappa shape index (κ1) is 16.1. The van der Waals surface area contributed by atoms with Crippen molar-refractivity contribution in [3.05, 3.63) is 71.4 Å². The van der Waals surface area contributed by atoms with E-state index in [1.54, 1.807) is 7.11 Å². The highest BCUT2D eigenvalue weighted by atomic mass is 16.5. The number of aryl methyl sites for hydroxylation is 1. The number of nitrogens with zero attached hydrogens (tertiary/aromatic N) is 1. The number of H-pyrrole nitrogens is 1. The van der Waals surface area contributed by atoms with Crippen LogP contribution in [-0.4, -0.2) is 23.7 Å². The number of benzene rings is 2. The molecule has 0 aliphatic carbocycles. The second-order valence-electron chi connectivity index (χ2n) is 6.20. The predicted octanol–water partition coefficient (Wildman–Crippen LogP) is 3.68. The maximum Gasteiger partial charge on any atom is 0.273 e. The van der Waals surface area contributed by atoms with Gasteiger partial charge in [-0.25, -0.2) is 5.43 Å². The Labute approximate surface area is 151 Å². The number of amides is 1. The Balaban J connectivity index is 1.55. The van der Waals surface area contributed by atoms with Crippen molar-refractivity contribution < 1.29 is 9.53 Å². The fourth-order valence-electron chi connectivity index (χ4n) is 3.13. The lowest BCUT2D eigenvalue weighted by Gasteiger charge is -2.04. The number of aromatic nitrogens is 1. The summed E-state index contributed by atoms with van der Waals surface area (Å²) in [7, 11) is 1.65. The maximum absolute atomic E-state index is 12.2. The molecule has 26 heavy (non-hydrogen) atoms. The molecule has 5 heteroatoms. The highest BCUT2D eigenvalue weighted by Crippen LogP contribution is 2.23. The second-order valence-corrected chi connectivity index (χ2v) is 6.20. The zero-order chi connectivity index (χ0) is 17.9. The molecule has 0 saturated carbocycles. The van der Waals surface area contributed by atoms with Gasteiger partial charge in [-0.15, -0.1) is 0 Å². The first-order valence-electron chi connectivity index (χ1n) is 8.52. The van der Waals surface area contributed by atoms with E-state index in [9.17, 15) is 4.79 Å². The lowest BCUT2D eigenvalue weighted by molar-refractivity contribution is -0.116. The van der Waals surface area contributed by atoms with Crippen LogP contribution in [0.5, 0.6) is 5.75 Å². The third-order valence-corrected chi connectivity index (χ3v) is 4.58. The molecule has 2 N–H and O–H groups in total. The summed E-state index contributed by atoms with van der Waals surface area (Å²) in [6.45, 7) is 0. The van der Waals surface area contributed by atoms with Gasteiger partial charge < -0.3 is 9.72 Å². The minimum Gasteiger partial charge on any atom is -0.497 e. The third-order valence-electron chi connectivity index (χ3n) is 4.58. The summed E-state index contributed by atoms with van der Waals surface area (Å²) < 4.78 is 5.18. The molecule has 1 amide bonds. The Bertz CT molecular complexity index is 1010. The van der Waals surface area contributed by atoms with E-state index >= 15 is 0 Å². The van der Waals surface area contributed by atoms with E-state index in [2.05, 4.69) is 15.5 Å². The molecular formula is C21H19N3O2. The number of ether oxygens (including phenoxy) is 1. The molecule has 3 aromatic rings. The number of rotatable bonds is 5. The van der Waals surface area contributed by atoms with Gasteiger partial charge >= 0.3 is 0 Å². The van der Waals surface area contributed by atoms with Gasteiger partial charge in [-0.05, 0) is 42.7 Å². The standard InChI is InChI=1S/C21H19N3O2/c1-26-16-9-6-14(7-10-16)8-11-20-18(21(25)24-23-20)12-15-13-22-19-5-3-2-4-17(15)19/h2-7,9-10,12-13,22H,8,11H2,1H3,(H,24,25). The molecule has 0 spiro atoms. The summed E-state index contributed by atoms with van der Waals surface area (Å²) in [4.78, 5) is 15.5. The number of hydrogen-bond donors (Lipinski definition) is 2. The SMILES string of the molecule is COc1ccc(CCC2=NNC(=O)C2=Cc2c[nH]c3ccccc23)cc1. The molecule has 1 aromatic heterocycles. The molecule has 2 heterocycles. The molecule has 0 bridgehead atoms. The van der Waals surface area contributed by atoms with Gasteiger partial charge in [-0.3, -0.25) is 4.79 Å². The first-order valence-corrected chi connectivity index (χ1v) is 8.52. The van der Waals surface area contributed by atoms with E-state index in [1.807, 2.05) is 60.8 Å². The number of hydrogen-bond acceptors (Lipinski definition) is 3. The summed E-state index contributed by atoms with van der Waals surface area (Å²) >= 11 is 0. The minimum atomic E-state index is -0.153. The van der Waals surface area contributed by atoms with Gasteiger partial charge in [0, 0.05) is 22.7 Å².